The summed E-state index contributed by atoms with van der Waals surface area (Å²) in [5.74, 6) is -0.283. The van der Waals surface area contributed by atoms with E-state index in [1.165, 1.54) is 0 Å². The van der Waals surface area contributed by atoms with Crippen LogP contribution >= 0.6 is 23.2 Å². The lowest BCUT2D eigenvalue weighted by atomic mass is 10.1. The van der Waals surface area contributed by atoms with E-state index in [0.717, 1.165) is 16.7 Å². The fraction of sp³-hybridized carbons (Fsp3) is 0.130. The lowest BCUT2D eigenvalue weighted by Crippen LogP contribution is -2.17. The molecule has 6 heteroatoms. The van der Waals surface area contributed by atoms with Crippen LogP contribution in [0.4, 0.5) is 11.4 Å². The molecule has 0 spiro atoms. The van der Waals surface area contributed by atoms with Crippen LogP contribution in [0.25, 0.3) is 0 Å². The van der Waals surface area contributed by atoms with E-state index in [-0.39, 0.29) is 24.7 Å². The third-order valence-electron chi connectivity index (χ3n) is 4.35. The molecule has 4 nitrogen and oxygen atoms in total. The summed E-state index contributed by atoms with van der Waals surface area (Å²) in [6.45, 7) is 1.90. The van der Waals surface area contributed by atoms with Crippen LogP contribution in [0.1, 0.15) is 16.7 Å². The normalized spacial score (nSPS) is 10.4. The van der Waals surface area contributed by atoms with Gasteiger partial charge >= 0.3 is 0 Å². The van der Waals surface area contributed by atoms with E-state index in [0.29, 0.717) is 21.4 Å². The molecular weight excluding hydrogens is 407 g/mol. The SMILES string of the molecule is Cc1ccc(NC(=O)Cc2ccc(Cl)cc2)cc1NC(=O)Cc1ccc(Cl)cc1. The zero-order chi connectivity index (χ0) is 20.8. The zero-order valence-corrected chi connectivity index (χ0v) is 17.3. The number of amides is 2. The second-order valence-electron chi connectivity index (χ2n) is 6.73. The molecule has 3 aromatic rings. The van der Waals surface area contributed by atoms with Crippen LogP contribution in [0, 0.1) is 6.92 Å². The minimum atomic E-state index is -0.144. The molecule has 0 atom stereocenters. The number of halogens is 2. The summed E-state index contributed by atoms with van der Waals surface area (Å²) >= 11 is 11.7. The summed E-state index contributed by atoms with van der Waals surface area (Å²) in [6, 6.07) is 19.7. The molecule has 0 aliphatic heterocycles. The van der Waals surface area contributed by atoms with Gasteiger partial charge in [0.05, 0.1) is 12.8 Å². The number of rotatable bonds is 6. The predicted octanol–water partition coefficient (Wildman–Crippen LogP) is 5.66. The van der Waals surface area contributed by atoms with E-state index in [9.17, 15) is 9.59 Å². The number of nitrogens with one attached hydrogen (secondary N) is 2. The van der Waals surface area contributed by atoms with Gasteiger partial charge in [-0.15, -0.1) is 0 Å². The van der Waals surface area contributed by atoms with E-state index in [1.807, 2.05) is 43.3 Å². The minimum absolute atomic E-state index is 0.139. The molecule has 148 valence electrons. The van der Waals surface area contributed by atoms with Gasteiger partial charge in [-0.25, -0.2) is 0 Å². The molecule has 0 radical (unpaired) electrons. The maximum Gasteiger partial charge on any atom is 0.228 e. The molecule has 0 unspecified atom stereocenters. The molecule has 0 aliphatic rings. The molecule has 2 amide bonds. The van der Waals surface area contributed by atoms with Crippen LogP contribution in [0.5, 0.6) is 0 Å². The van der Waals surface area contributed by atoms with Crippen molar-refractivity contribution in [2.24, 2.45) is 0 Å². The van der Waals surface area contributed by atoms with Crippen molar-refractivity contribution in [2.45, 2.75) is 19.8 Å². The lowest BCUT2D eigenvalue weighted by molar-refractivity contribution is -0.116. The first-order valence-corrected chi connectivity index (χ1v) is 9.84. The molecule has 3 rings (SSSR count). The summed E-state index contributed by atoms with van der Waals surface area (Å²) in [5.41, 5.74) is 3.93. The van der Waals surface area contributed by atoms with E-state index in [2.05, 4.69) is 10.6 Å². The Hall–Kier alpha value is -2.82. The largest absolute Gasteiger partial charge is 0.326 e. The predicted molar refractivity (Wildman–Crippen MR) is 119 cm³/mol. The van der Waals surface area contributed by atoms with Crippen LogP contribution in [-0.2, 0) is 22.4 Å². The van der Waals surface area contributed by atoms with Crippen molar-refractivity contribution in [1.29, 1.82) is 0 Å². The molecule has 0 saturated carbocycles. The van der Waals surface area contributed by atoms with Gasteiger partial charge < -0.3 is 10.6 Å². The van der Waals surface area contributed by atoms with Gasteiger partial charge in [-0.3, -0.25) is 9.59 Å². The number of benzene rings is 3. The highest BCUT2D eigenvalue weighted by atomic mass is 35.5. The number of carbonyl (C=O) groups excluding carboxylic acids is 2. The zero-order valence-electron chi connectivity index (χ0n) is 15.8. The smallest absolute Gasteiger partial charge is 0.228 e. The van der Waals surface area contributed by atoms with Gasteiger partial charge in [-0.1, -0.05) is 53.5 Å². The second-order valence-corrected chi connectivity index (χ2v) is 7.61. The number of hydrogen-bond acceptors (Lipinski definition) is 2. The van der Waals surface area contributed by atoms with Crippen molar-refractivity contribution in [3.63, 3.8) is 0 Å². The molecule has 0 aliphatic carbocycles. The topological polar surface area (TPSA) is 58.2 Å². The highest BCUT2D eigenvalue weighted by Gasteiger charge is 2.09. The van der Waals surface area contributed by atoms with Gasteiger partial charge in [0.1, 0.15) is 0 Å². The molecule has 0 aromatic heterocycles. The van der Waals surface area contributed by atoms with Gasteiger partial charge in [0.25, 0.3) is 0 Å². The maximum atomic E-state index is 12.4. The highest BCUT2D eigenvalue weighted by molar-refractivity contribution is 6.30. The highest BCUT2D eigenvalue weighted by Crippen LogP contribution is 2.21. The third-order valence-corrected chi connectivity index (χ3v) is 4.86. The fourth-order valence-electron chi connectivity index (χ4n) is 2.81. The molecule has 0 saturated heterocycles. The molecule has 0 heterocycles. The Kier molecular flexibility index (Phi) is 6.91. The summed E-state index contributed by atoms with van der Waals surface area (Å²) in [6.07, 6.45) is 0.479. The van der Waals surface area contributed by atoms with Gasteiger partial charge in [0, 0.05) is 21.4 Å². The average molecular weight is 427 g/mol. The number of aryl methyl sites for hydroxylation is 1. The summed E-state index contributed by atoms with van der Waals surface area (Å²) in [4.78, 5) is 24.7. The molecule has 0 bridgehead atoms. The average Bonchev–Trinajstić information content (AvgIpc) is 2.68. The Morgan fingerprint density at radius 1 is 0.724 bits per heavy atom. The van der Waals surface area contributed by atoms with Crippen molar-refractivity contribution < 1.29 is 9.59 Å². The van der Waals surface area contributed by atoms with Crippen molar-refractivity contribution in [1.82, 2.24) is 0 Å². The maximum absolute atomic E-state index is 12.4. The number of anilines is 2. The summed E-state index contributed by atoms with van der Waals surface area (Å²) < 4.78 is 0. The Labute approximate surface area is 179 Å². The van der Waals surface area contributed by atoms with Gasteiger partial charge in [0.15, 0.2) is 0 Å². The Balaban J connectivity index is 1.62. The quantitative estimate of drug-likeness (QED) is 0.533. The first-order valence-electron chi connectivity index (χ1n) is 9.08. The van der Waals surface area contributed by atoms with Gasteiger partial charge in [0.2, 0.25) is 11.8 Å². The van der Waals surface area contributed by atoms with Crippen LogP contribution in [-0.4, -0.2) is 11.8 Å². The van der Waals surface area contributed by atoms with Crippen LogP contribution in [0.2, 0.25) is 10.0 Å². The Morgan fingerprint density at radius 3 is 1.72 bits per heavy atom. The van der Waals surface area contributed by atoms with Crippen molar-refractivity contribution in [2.75, 3.05) is 10.6 Å². The first-order chi connectivity index (χ1) is 13.9. The van der Waals surface area contributed by atoms with Crippen molar-refractivity contribution in [3.05, 3.63) is 93.5 Å². The Morgan fingerprint density at radius 2 is 1.21 bits per heavy atom. The monoisotopic (exact) mass is 426 g/mol. The van der Waals surface area contributed by atoms with Crippen molar-refractivity contribution >= 4 is 46.4 Å². The van der Waals surface area contributed by atoms with E-state index >= 15 is 0 Å². The molecule has 3 aromatic carbocycles. The number of carbonyl (C=O) groups is 2. The fourth-order valence-corrected chi connectivity index (χ4v) is 3.06. The van der Waals surface area contributed by atoms with Crippen LogP contribution in [0.3, 0.4) is 0 Å². The standard InChI is InChI=1S/C23H20Cl2N2O2/c1-15-2-11-20(26-22(28)12-16-3-7-18(24)8-4-16)14-21(15)27-23(29)13-17-5-9-19(25)10-6-17/h2-11,14H,12-13H2,1H3,(H,26,28)(H,27,29). The van der Waals surface area contributed by atoms with E-state index in [4.69, 9.17) is 23.2 Å². The Bertz CT molecular complexity index is 1020. The molecule has 2 N–H and O–H groups in total. The second kappa shape index (κ2) is 9.59. The molecule has 0 fully saturated rings. The van der Waals surface area contributed by atoms with Gasteiger partial charge in [-0.2, -0.15) is 0 Å². The van der Waals surface area contributed by atoms with Gasteiger partial charge in [-0.05, 0) is 60.0 Å². The molecular formula is C23H20Cl2N2O2. The van der Waals surface area contributed by atoms with Crippen LogP contribution in [0.15, 0.2) is 66.7 Å². The summed E-state index contributed by atoms with van der Waals surface area (Å²) in [5, 5.41) is 7.03. The molecule has 29 heavy (non-hydrogen) atoms. The first kappa shape index (κ1) is 20.9. The lowest BCUT2D eigenvalue weighted by Gasteiger charge is -2.12. The van der Waals surface area contributed by atoms with E-state index in [1.54, 1.807) is 30.3 Å². The number of hydrogen-bond donors (Lipinski definition) is 2. The van der Waals surface area contributed by atoms with Crippen molar-refractivity contribution in [3.8, 4) is 0 Å². The third kappa shape index (κ3) is 6.34. The van der Waals surface area contributed by atoms with E-state index < -0.39 is 0 Å². The minimum Gasteiger partial charge on any atom is -0.326 e. The summed E-state index contributed by atoms with van der Waals surface area (Å²) in [7, 11) is 0. The van der Waals surface area contributed by atoms with Crippen LogP contribution < -0.4 is 10.6 Å².